The molecule has 0 bridgehead atoms. The second-order valence-electron chi connectivity index (χ2n) is 3.64. The molecule has 0 fully saturated rings. The fraction of sp³-hybridized carbons (Fsp3) is 0.333. The lowest BCUT2D eigenvalue weighted by atomic mass is 10.3. The molecule has 0 saturated heterocycles. The predicted octanol–water partition coefficient (Wildman–Crippen LogP) is 4.19. The Kier molecular flexibility index (Phi) is 5.35. The summed E-state index contributed by atoms with van der Waals surface area (Å²) in [4.78, 5) is 5.39. The summed E-state index contributed by atoms with van der Waals surface area (Å²) >= 11 is 13.1. The van der Waals surface area contributed by atoms with Crippen LogP contribution in [0.2, 0.25) is 5.02 Å². The molecule has 0 unspecified atom stereocenters. The molecule has 3 nitrogen and oxygen atoms in total. The molecular formula is C12H12Cl2N2OS. The molecule has 0 amide bonds. The number of thioether (sulfide) groups is 1. The largest absolute Gasteiger partial charge is 0.339 e. The third-order valence-electron chi connectivity index (χ3n) is 2.20. The first-order valence-corrected chi connectivity index (χ1v) is 7.43. The van der Waals surface area contributed by atoms with Gasteiger partial charge in [0, 0.05) is 22.2 Å². The lowest BCUT2D eigenvalue weighted by molar-refractivity contribution is 0.373. The summed E-state index contributed by atoms with van der Waals surface area (Å²) in [5.74, 6) is 2.63. The molecule has 0 aliphatic heterocycles. The van der Waals surface area contributed by atoms with Gasteiger partial charge in [0.2, 0.25) is 5.89 Å². The van der Waals surface area contributed by atoms with Gasteiger partial charge < -0.3 is 4.52 Å². The van der Waals surface area contributed by atoms with Crippen molar-refractivity contribution in [2.45, 2.75) is 23.5 Å². The number of hydrogen-bond donors (Lipinski definition) is 0. The Morgan fingerprint density at radius 2 is 2.22 bits per heavy atom. The highest BCUT2D eigenvalue weighted by atomic mass is 35.5. The summed E-state index contributed by atoms with van der Waals surface area (Å²) in [6.45, 7) is 0. The fourth-order valence-corrected chi connectivity index (χ4v) is 2.56. The van der Waals surface area contributed by atoms with Crippen molar-refractivity contribution >= 4 is 35.0 Å². The molecule has 0 spiro atoms. The molecule has 96 valence electrons. The second kappa shape index (κ2) is 7.02. The molecule has 1 heterocycles. The molecule has 2 rings (SSSR count). The van der Waals surface area contributed by atoms with E-state index >= 15 is 0 Å². The van der Waals surface area contributed by atoms with Crippen LogP contribution in [0.3, 0.4) is 0 Å². The van der Waals surface area contributed by atoms with E-state index in [0.29, 0.717) is 23.3 Å². The Balaban J connectivity index is 1.88. The maximum atomic E-state index is 5.91. The van der Waals surface area contributed by atoms with E-state index in [1.165, 1.54) is 0 Å². The van der Waals surface area contributed by atoms with Gasteiger partial charge in [0.25, 0.3) is 0 Å². The van der Waals surface area contributed by atoms with Gasteiger partial charge in [0.05, 0.1) is 5.75 Å². The quantitative estimate of drug-likeness (QED) is 0.592. The highest BCUT2D eigenvalue weighted by molar-refractivity contribution is 7.98. The number of benzene rings is 1. The zero-order valence-corrected chi connectivity index (χ0v) is 11.9. The van der Waals surface area contributed by atoms with Crippen LogP contribution in [0.25, 0.3) is 0 Å². The van der Waals surface area contributed by atoms with Crippen LogP contribution in [-0.2, 0) is 12.2 Å². The summed E-state index contributed by atoms with van der Waals surface area (Å²) in [6.07, 6.45) is 1.59. The first-order valence-electron chi connectivity index (χ1n) is 5.54. The number of rotatable bonds is 6. The van der Waals surface area contributed by atoms with Gasteiger partial charge in [-0.2, -0.15) is 4.98 Å². The fourth-order valence-electron chi connectivity index (χ4n) is 1.37. The first-order chi connectivity index (χ1) is 8.78. The van der Waals surface area contributed by atoms with E-state index in [1.807, 2.05) is 24.3 Å². The third-order valence-corrected chi connectivity index (χ3v) is 3.69. The van der Waals surface area contributed by atoms with Crippen LogP contribution in [0.15, 0.2) is 33.7 Å². The summed E-state index contributed by atoms with van der Waals surface area (Å²) < 4.78 is 5.12. The van der Waals surface area contributed by atoms with Gasteiger partial charge in [0.1, 0.15) is 0 Å². The van der Waals surface area contributed by atoms with Crippen LogP contribution < -0.4 is 0 Å². The molecule has 0 aliphatic rings. The molecule has 0 radical (unpaired) electrons. The van der Waals surface area contributed by atoms with Gasteiger partial charge in [-0.15, -0.1) is 23.4 Å². The predicted molar refractivity (Wildman–Crippen MR) is 74.4 cm³/mol. The highest BCUT2D eigenvalue weighted by Crippen LogP contribution is 2.24. The van der Waals surface area contributed by atoms with Gasteiger partial charge in [-0.1, -0.05) is 22.8 Å². The van der Waals surface area contributed by atoms with E-state index in [0.717, 1.165) is 22.8 Å². The maximum Gasteiger partial charge on any atom is 0.226 e. The van der Waals surface area contributed by atoms with E-state index in [-0.39, 0.29) is 0 Å². The highest BCUT2D eigenvalue weighted by Gasteiger charge is 2.06. The molecule has 0 atom stereocenters. The van der Waals surface area contributed by atoms with E-state index in [2.05, 4.69) is 10.1 Å². The normalized spacial score (nSPS) is 10.8. The zero-order chi connectivity index (χ0) is 12.8. The number of halogens is 2. The van der Waals surface area contributed by atoms with Crippen LogP contribution in [0.1, 0.15) is 18.1 Å². The lowest BCUT2D eigenvalue weighted by Gasteiger charge is -1.98. The van der Waals surface area contributed by atoms with Gasteiger partial charge in [-0.05, 0) is 24.6 Å². The van der Waals surface area contributed by atoms with Crippen molar-refractivity contribution < 1.29 is 4.52 Å². The van der Waals surface area contributed by atoms with E-state index in [1.54, 1.807) is 11.8 Å². The van der Waals surface area contributed by atoms with Crippen LogP contribution in [0.4, 0.5) is 0 Å². The molecule has 2 aromatic rings. The third kappa shape index (κ3) is 4.19. The summed E-state index contributed by atoms with van der Waals surface area (Å²) in [5.41, 5.74) is 0. The molecule has 0 saturated carbocycles. The Morgan fingerprint density at radius 1 is 1.33 bits per heavy atom. The van der Waals surface area contributed by atoms with E-state index < -0.39 is 0 Å². The summed E-state index contributed by atoms with van der Waals surface area (Å²) in [7, 11) is 0. The molecular weight excluding hydrogens is 291 g/mol. The van der Waals surface area contributed by atoms with Crippen molar-refractivity contribution in [1.82, 2.24) is 10.1 Å². The van der Waals surface area contributed by atoms with Crippen LogP contribution >= 0.6 is 35.0 Å². The van der Waals surface area contributed by atoms with Crippen LogP contribution in [0, 0.1) is 0 Å². The number of aromatic nitrogens is 2. The average Bonchev–Trinajstić information content (AvgIpc) is 2.82. The molecule has 18 heavy (non-hydrogen) atoms. The molecule has 0 N–H and O–H groups in total. The molecule has 0 aliphatic carbocycles. The first kappa shape index (κ1) is 13.7. The Hall–Kier alpha value is -0.710. The smallest absolute Gasteiger partial charge is 0.226 e. The number of aryl methyl sites for hydroxylation is 1. The summed E-state index contributed by atoms with van der Waals surface area (Å²) in [6, 6.07) is 7.70. The minimum absolute atomic E-state index is 0.606. The standard InChI is InChI=1S/C12H12Cl2N2OS/c13-6-2-5-12-15-11(16-17-12)8-18-10-4-1-3-9(14)7-10/h1,3-4,7H,2,5-6,8H2. The molecule has 1 aromatic carbocycles. The minimum Gasteiger partial charge on any atom is -0.339 e. The van der Waals surface area contributed by atoms with E-state index in [4.69, 9.17) is 27.7 Å². The number of nitrogens with zero attached hydrogens (tertiary/aromatic N) is 2. The van der Waals surface area contributed by atoms with Crippen LogP contribution in [0.5, 0.6) is 0 Å². The van der Waals surface area contributed by atoms with Crippen LogP contribution in [-0.4, -0.2) is 16.0 Å². The maximum absolute atomic E-state index is 5.91. The second-order valence-corrected chi connectivity index (χ2v) is 5.51. The van der Waals surface area contributed by atoms with Gasteiger partial charge in [-0.25, -0.2) is 0 Å². The van der Waals surface area contributed by atoms with Crippen molar-refractivity contribution in [1.29, 1.82) is 0 Å². The Bertz CT molecular complexity index is 504. The van der Waals surface area contributed by atoms with Gasteiger partial charge in [0.15, 0.2) is 5.82 Å². The van der Waals surface area contributed by atoms with Crippen molar-refractivity contribution in [2.24, 2.45) is 0 Å². The SMILES string of the molecule is ClCCCc1nc(CSc2cccc(Cl)c2)no1. The van der Waals surface area contributed by atoms with Gasteiger partial charge in [-0.3, -0.25) is 0 Å². The average molecular weight is 303 g/mol. The Morgan fingerprint density at radius 3 is 3.00 bits per heavy atom. The molecule has 1 aromatic heterocycles. The number of hydrogen-bond acceptors (Lipinski definition) is 4. The zero-order valence-electron chi connectivity index (χ0n) is 9.60. The topological polar surface area (TPSA) is 38.9 Å². The van der Waals surface area contributed by atoms with Crippen molar-refractivity contribution in [3.63, 3.8) is 0 Å². The number of alkyl halides is 1. The summed E-state index contributed by atoms with van der Waals surface area (Å²) in [5, 5.41) is 4.66. The van der Waals surface area contributed by atoms with Crippen molar-refractivity contribution in [2.75, 3.05) is 5.88 Å². The monoisotopic (exact) mass is 302 g/mol. The Labute approximate surface area is 120 Å². The minimum atomic E-state index is 0.606. The van der Waals surface area contributed by atoms with Crippen molar-refractivity contribution in [3.05, 3.63) is 41.0 Å². The van der Waals surface area contributed by atoms with E-state index in [9.17, 15) is 0 Å². The van der Waals surface area contributed by atoms with Crippen molar-refractivity contribution in [3.8, 4) is 0 Å². The lowest BCUT2D eigenvalue weighted by Crippen LogP contribution is -1.88. The van der Waals surface area contributed by atoms with Gasteiger partial charge >= 0.3 is 0 Å². The molecule has 6 heteroatoms.